The standard InChI is InChI=1S/C17H28N2O3S2/c1-4-15(13(2)3)18-16(20)12-14-8-9-17(23-14)24(21,22)19-10-6-5-7-11-19/h8-9,13,15H,4-7,10-12H2,1-3H3,(H,18,20). The molecule has 1 atom stereocenters. The Kier molecular flexibility index (Phi) is 6.83. The number of rotatable bonds is 7. The number of nitrogens with one attached hydrogen (secondary N) is 1. The van der Waals surface area contributed by atoms with Crippen LogP contribution in [0.25, 0.3) is 0 Å². The van der Waals surface area contributed by atoms with Crippen molar-refractivity contribution in [3.8, 4) is 0 Å². The van der Waals surface area contributed by atoms with Crippen LogP contribution >= 0.6 is 11.3 Å². The SMILES string of the molecule is CCC(NC(=O)Cc1ccc(S(=O)(=O)N2CCCCC2)s1)C(C)C. The average Bonchev–Trinajstić information content (AvgIpc) is 3.02. The van der Waals surface area contributed by atoms with Gasteiger partial charge in [0.15, 0.2) is 0 Å². The second kappa shape index (κ2) is 8.45. The van der Waals surface area contributed by atoms with Gasteiger partial charge in [0, 0.05) is 24.0 Å². The van der Waals surface area contributed by atoms with Crippen molar-refractivity contribution in [3.63, 3.8) is 0 Å². The maximum atomic E-state index is 12.6. The second-order valence-corrected chi connectivity index (χ2v) is 10.0. The van der Waals surface area contributed by atoms with E-state index in [1.807, 2.05) is 0 Å². The second-order valence-electron chi connectivity index (χ2n) is 6.69. The first-order valence-electron chi connectivity index (χ1n) is 8.72. The maximum absolute atomic E-state index is 12.6. The van der Waals surface area contributed by atoms with E-state index in [0.29, 0.717) is 23.2 Å². The Bertz CT molecular complexity index is 647. The van der Waals surface area contributed by atoms with Crippen LogP contribution in [0.15, 0.2) is 16.3 Å². The molecule has 0 spiro atoms. The lowest BCUT2D eigenvalue weighted by Crippen LogP contribution is -2.38. The molecule has 0 radical (unpaired) electrons. The van der Waals surface area contributed by atoms with Crippen molar-refractivity contribution in [3.05, 3.63) is 17.0 Å². The number of hydrogen-bond donors (Lipinski definition) is 1. The summed E-state index contributed by atoms with van der Waals surface area (Å²) in [6.45, 7) is 7.43. The van der Waals surface area contributed by atoms with Crippen LogP contribution in [0.2, 0.25) is 0 Å². The molecule has 2 rings (SSSR count). The van der Waals surface area contributed by atoms with Gasteiger partial charge in [0.25, 0.3) is 10.0 Å². The summed E-state index contributed by atoms with van der Waals surface area (Å²) in [5.74, 6) is 0.344. The lowest BCUT2D eigenvalue weighted by atomic mass is 10.0. The molecule has 1 aromatic heterocycles. The summed E-state index contributed by atoms with van der Waals surface area (Å²) in [6, 6.07) is 3.56. The Labute approximate surface area is 149 Å². The van der Waals surface area contributed by atoms with Crippen molar-refractivity contribution in [2.75, 3.05) is 13.1 Å². The maximum Gasteiger partial charge on any atom is 0.252 e. The third kappa shape index (κ3) is 4.80. The highest BCUT2D eigenvalue weighted by molar-refractivity contribution is 7.91. The van der Waals surface area contributed by atoms with Gasteiger partial charge in [-0.25, -0.2) is 8.42 Å². The van der Waals surface area contributed by atoms with Gasteiger partial charge in [-0.05, 0) is 37.3 Å². The molecule has 0 bridgehead atoms. The molecule has 1 unspecified atom stereocenters. The van der Waals surface area contributed by atoms with E-state index in [9.17, 15) is 13.2 Å². The quantitative estimate of drug-likeness (QED) is 0.800. The third-order valence-electron chi connectivity index (χ3n) is 4.47. The van der Waals surface area contributed by atoms with Gasteiger partial charge in [-0.3, -0.25) is 4.79 Å². The van der Waals surface area contributed by atoms with Crippen molar-refractivity contribution in [1.82, 2.24) is 9.62 Å². The number of hydrogen-bond acceptors (Lipinski definition) is 4. The van der Waals surface area contributed by atoms with E-state index >= 15 is 0 Å². The lowest BCUT2D eigenvalue weighted by Gasteiger charge is -2.25. The van der Waals surface area contributed by atoms with E-state index in [-0.39, 0.29) is 18.4 Å². The molecule has 0 saturated carbocycles. The van der Waals surface area contributed by atoms with Gasteiger partial charge < -0.3 is 5.32 Å². The lowest BCUT2D eigenvalue weighted by molar-refractivity contribution is -0.121. The number of piperidine rings is 1. The van der Waals surface area contributed by atoms with Crippen molar-refractivity contribution < 1.29 is 13.2 Å². The highest BCUT2D eigenvalue weighted by Crippen LogP contribution is 2.27. The Hall–Kier alpha value is -0.920. The van der Waals surface area contributed by atoms with E-state index in [0.717, 1.165) is 30.6 Å². The molecule has 1 aliphatic rings. The monoisotopic (exact) mass is 372 g/mol. The topological polar surface area (TPSA) is 66.5 Å². The zero-order chi connectivity index (χ0) is 17.7. The van der Waals surface area contributed by atoms with Crippen LogP contribution in [0.1, 0.15) is 51.3 Å². The minimum atomic E-state index is -3.40. The van der Waals surface area contributed by atoms with Crippen molar-refractivity contribution in [2.45, 2.75) is 63.1 Å². The molecule has 1 aliphatic heterocycles. The van der Waals surface area contributed by atoms with Crippen molar-refractivity contribution in [1.29, 1.82) is 0 Å². The normalized spacial score (nSPS) is 17.8. The molecule has 7 heteroatoms. The van der Waals surface area contributed by atoms with Gasteiger partial charge in [0.05, 0.1) is 6.42 Å². The van der Waals surface area contributed by atoms with Crippen LogP contribution in [-0.4, -0.2) is 37.8 Å². The van der Waals surface area contributed by atoms with E-state index in [2.05, 4.69) is 26.1 Å². The predicted octanol–water partition coefficient (Wildman–Crippen LogP) is 3.02. The summed E-state index contributed by atoms with van der Waals surface area (Å²) in [7, 11) is -3.40. The Balaban J connectivity index is 2.01. The number of thiophene rings is 1. The number of sulfonamides is 1. The molecule has 1 saturated heterocycles. The minimum Gasteiger partial charge on any atom is -0.353 e. The number of amides is 1. The van der Waals surface area contributed by atoms with E-state index < -0.39 is 10.0 Å². The Morgan fingerprint density at radius 1 is 1.25 bits per heavy atom. The first-order valence-corrected chi connectivity index (χ1v) is 11.0. The van der Waals surface area contributed by atoms with Crippen LogP contribution in [0.4, 0.5) is 0 Å². The van der Waals surface area contributed by atoms with Gasteiger partial charge >= 0.3 is 0 Å². The van der Waals surface area contributed by atoms with Crippen LogP contribution in [0.5, 0.6) is 0 Å². The molecule has 0 aliphatic carbocycles. The summed E-state index contributed by atoms with van der Waals surface area (Å²) in [5.41, 5.74) is 0. The average molecular weight is 373 g/mol. The van der Waals surface area contributed by atoms with Crippen LogP contribution in [0, 0.1) is 5.92 Å². The van der Waals surface area contributed by atoms with E-state index in [1.165, 1.54) is 11.3 Å². The van der Waals surface area contributed by atoms with Crippen molar-refractivity contribution in [2.24, 2.45) is 5.92 Å². The Morgan fingerprint density at radius 2 is 1.92 bits per heavy atom. The molecule has 5 nitrogen and oxygen atoms in total. The fourth-order valence-electron chi connectivity index (χ4n) is 2.98. The summed E-state index contributed by atoms with van der Waals surface area (Å²) >= 11 is 1.21. The summed E-state index contributed by atoms with van der Waals surface area (Å²) in [4.78, 5) is 13.0. The molecular weight excluding hydrogens is 344 g/mol. The van der Waals surface area contributed by atoms with Gasteiger partial charge in [-0.1, -0.05) is 27.2 Å². The molecule has 1 amide bonds. The van der Waals surface area contributed by atoms with Gasteiger partial charge in [-0.2, -0.15) is 4.31 Å². The van der Waals surface area contributed by atoms with Gasteiger partial charge in [-0.15, -0.1) is 11.3 Å². The molecule has 136 valence electrons. The van der Waals surface area contributed by atoms with Gasteiger partial charge in [0.1, 0.15) is 4.21 Å². The van der Waals surface area contributed by atoms with Crippen LogP contribution < -0.4 is 5.32 Å². The zero-order valence-electron chi connectivity index (χ0n) is 14.7. The number of nitrogens with zero attached hydrogens (tertiary/aromatic N) is 1. The molecule has 24 heavy (non-hydrogen) atoms. The zero-order valence-corrected chi connectivity index (χ0v) is 16.4. The highest BCUT2D eigenvalue weighted by Gasteiger charge is 2.27. The highest BCUT2D eigenvalue weighted by atomic mass is 32.2. The largest absolute Gasteiger partial charge is 0.353 e. The number of carbonyl (C=O) groups excluding carboxylic acids is 1. The minimum absolute atomic E-state index is 0.0423. The fraction of sp³-hybridized carbons (Fsp3) is 0.706. The van der Waals surface area contributed by atoms with Crippen LogP contribution in [0.3, 0.4) is 0 Å². The van der Waals surface area contributed by atoms with E-state index in [4.69, 9.17) is 0 Å². The first-order chi connectivity index (χ1) is 11.3. The number of carbonyl (C=O) groups is 1. The predicted molar refractivity (Wildman–Crippen MR) is 97.7 cm³/mol. The summed E-state index contributed by atoms with van der Waals surface area (Å²) in [6.07, 6.45) is 4.07. The summed E-state index contributed by atoms with van der Waals surface area (Å²) in [5, 5.41) is 3.03. The molecule has 1 N–H and O–H groups in total. The molecule has 0 aromatic carbocycles. The first kappa shape index (κ1) is 19.4. The van der Waals surface area contributed by atoms with Crippen molar-refractivity contribution >= 4 is 27.3 Å². The Morgan fingerprint density at radius 3 is 2.50 bits per heavy atom. The molecule has 1 fully saturated rings. The third-order valence-corrected chi connectivity index (χ3v) is 7.92. The van der Waals surface area contributed by atoms with Crippen LogP contribution in [-0.2, 0) is 21.2 Å². The summed E-state index contributed by atoms with van der Waals surface area (Å²) < 4.78 is 27.2. The van der Waals surface area contributed by atoms with Gasteiger partial charge in [0.2, 0.25) is 5.91 Å². The molecule has 1 aromatic rings. The smallest absolute Gasteiger partial charge is 0.252 e. The van der Waals surface area contributed by atoms with E-state index in [1.54, 1.807) is 16.4 Å². The molecule has 2 heterocycles. The fourth-order valence-corrected chi connectivity index (χ4v) is 6.01. The molecular formula is C17H28N2O3S2.